The number of ether oxygens (including phenoxy) is 1. The number of rotatable bonds is 7. The Labute approximate surface area is 149 Å². The van der Waals surface area contributed by atoms with Crippen LogP contribution >= 0.6 is 0 Å². The van der Waals surface area contributed by atoms with E-state index in [0.29, 0.717) is 17.8 Å². The van der Waals surface area contributed by atoms with Gasteiger partial charge in [-0.25, -0.2) is 9.78 Å². The van der Waals surface area contributed by atoms with Crippen LogP contribution in [0.3, 0.4) is 0 Å². The lowest BCUT2D eigenvalue weighted by molar-refractivity contribution is 0.00694. The van der Waals surface area contributed by atoms with Gasteiger partial charge < -0.3 is 9.30 Å². The van der Waals surface area contributed by atoms with Crippen LogP contribution in [0.25, 0.3) is 0 Å². The van der Waals surface area contributed by atoms with Crippen molar-refractivity contribution in [3.8, 4) is 0 Å². The number of aryl methyl sites for hydroxylation is 1. The summed E-state index contributed by atoms with van der Waals surface area (Å²) in [5.74, 6) is 0.582. The van der Waals surface area contributed by atoms with E-state index in [1.54, 1.807) is 18.3 Å². The Kier molecular flexibility index (Phi) is 6.12. The molecule has 0 amide bonds. The summed E-state index contributed by atoms with van der Waals surface area (Å²) >= 11 is 0. The molecule has 5 heteroatoms. The molecule has 0 unspecified atom stereocenters. The fraction of sp³-hybridized carbons (Fsp3) is 0.450. The number of hydrogen-bond acceptors (Lipinski definition) is 4. The van der Waals surface area contributed by atoms with Crippen LogP contribution in [0.2, 0.25) is 0 Å². The van der Waals surface area contributed by atoms with E-state index in [9.17, 15) is 9.59 Å². The van der Waals surface area contributed by atoms with Gasteiger partial charge in [-0.05, 0) is 44.9 Å². The number of hydrogen-bond donors (Lipinski definition) is 0. The number of aromatic nitrogens is 2. The molecular formula is C20H26N2O3. The van der Waals surface area contributed by atoms with Gasteiger partial charge in [0, 0.05) is 13.0 Å². The predicted molar refractivity (Wildman–Crippen MR) is 96.9 cm³/mol. The minimum atomic E-state index is -0.514. The molecule has 2 aromatic rings. The summed E-state index contributed by atoms with van der Waals surface area (Å²) in [5, 5.41) is 0. The third kappa shape index (κ3) is 5.28. The standard InChI is InChI=1S/C20H26N2O3/c1-5-6-7-18-21-12-17(14-23)22(18)13-15-8-10-16(11-9-15)19(24)25-20(2,3)4/h8-12,14H,5-7,13H2,1-4H3. The molecular weight excluding hydrogens is 316 g/mol. The van der Waals surface area contributed by atoms with Crippen LogP contribution in [-0.4, -0.2) is 27.4 Å². The van der Waals surface area contributed by atoms with Crippen molar-refractivity contribution in [2.45, 2.75) is 59.1 Å². The van der Waals surface area contributed by atoms with Crippen molar-refractivity contribution in [2.24, 2.45) is 0 Å². The Morgan fingerprint density at radius 3 is 2.48 bits per heavy atom. The number of benzene rings is 1. The highest BCUT2D eigenvalue weighted by atomic mass is 16.6. The number of nitrogens with zero attached hydrogens (tertiary/aromatic N) is 2. The van der Waals surface area contributed by atoms with Crippen LogP contribution < -0.4 is 0 Å². The molecule has 0 saturated heterocycles. The zero-order valence-electron chi connectivity index (χ0n) is 15.4. The van der Waals surface area contributed by atoms with Gasteiger partial charge in [-0.1, -0.05) is 25.5 Å². The van der Waals surface area contributed by atoms with Crippen LogP contribution in [0.5, 0.6) is 0 Å². The second kappa shape index (κ2) is 8.10. The largest absolute Gasteiger partial charge is 0.456 e. The Hall–Kier alpha value is -2.43. The maximum absolute atomic E-state index is 12.1. The number of esters is 1. The minimum absolute atomic E-state index is 0.334. The van der Waals surface area contributed by atoms with E-state index in [-0.39, 0.29) is 5.97 Å². The third-order valence-corrected chi connectivity index (χ3v) is 3.77. The van der Waals surface area contributed by atoms with Gasteiger partial charge in [0.1, 0.15) is 17.1 Å². The number of carbonyl (C=O) groups is 2. The van der Waals surface area contributed by atoms with Crippen LogP contribution in [0.15, 0.2) is 30.5 Å². The molecule has 25 heavy (non-hydrogen) atoms. The number of carbonyl (C=O) groups excluding carboxylic acids is 2. The summed E-state index contributed by atoms with van der Waals surface area (Å²) in [4.78, 5) is 27.7. The molecule has 1 aromatic heterocycles. The number of imidazole rings is 1. The van der Waals surface area contributed by atoms with Gasteiger partial charge in [0.2, 0.25) is 0 Å². The number of aldehydes is 1. The van der Waals surface area contributed by atoms with E-state index >= 15 is 0 Å². The zero-order chi connectivity index (χ0) is 18.4. The Balaban J connectivity index is 2.15. The fourth-order valence-electron chi connectivity index (χ4n) is 2.51. The molecule has 0 atom stereocenters. The van der Waals surface area contributed by atoms with Gasteiger partial charge in [0.05, 0.1) is 11.8 Å². The zero-order valence-corrected chi connectivity index (χ0v) is 15.4. The maximum Gasteiger partial charge on any atom is 0.338 e. The fourth-order valence-corrected chi connectivity index (χ4v) is 2.51. The first-order valence-corrected chi connectivity index (χ1v) is 8.66. The summed E-state index contributed by atoms with van der Waals surface area (Å²) < 4.78 is 7.30. The Bertz CT molecular complexity index is 724. The molecule has 0 aliphatic carbocycles. The smallest absolute Gasteiger partial charge is 0.338 e. The molecule has 5 nitrogen and oxygen atoms in total. The second-order valence-electron chi connectivity index (χ2n) is 7.11. The SMILES string of the molecule is CCCCc1ncc(C=O)n1Cc1ccc(C(=O)OC(C)(C)C)cc1. The number of unbranched alkanes of at least 4 members (excludes halogenated alkanes) is 1. The lowest BCUT2D eigenvalue weighted by atomic mass is 10.1. The Morgan fingerprint density at radius 1 is 1.24 bits per heavy atom. The first-order chi connectivity index (χ1) is 11.8. The topological polar surface area (TPSA) is 61.2 Å². The molecule has 0 spiro atoms. The highest BCUT2D eigenvalue weighted by Crippen LogP contribution is 2.15. The monoisotopic (exact) mass is 342 g/mol. The summed E-state index contributed by atoms with van der Waals surface area (Å²) in [6, 6.07) is 7.29. The minimum Gasteiger partial charge on any atom is -0.456 e. The molecule has 0 aliphatic rings. The van der Waals surface area contributed by atoms with Gasteiger partial charge >= 0.3 is 5.97 Å². The molecule has 0 saturated carbocycles. The predicted octanol–water partition coefficient (Wildman–Crippen LogP) is 4.04. The van der Waals surface area contributed by atoms with Crippen molar-refractivity contribution in [1.29, 1.82) is 0 Å². The van der Waals surface area contributed by atoms with Gasteiger partial charge in [-0.3, -0.25) is 4.79 Å². The van der Waals surface area contributed by atoms with Crippen LogP contribution in [0, 0.1) is 0 Å². The molecule has 134 valence electrons. The van der Waals surface area contributed by atoms with Crippen LogP contribution in [-0.2, 0) is 17.7 Å². The quantitative estimate of drug-likeness (QED) is 0.563. The normalized spacial score (nSPS) is 11.4. The van der Waals surface area contributed by atoms with E-state index < -0.39 is 5.60 Å². The van der Waals surface area contributed by atoms with Crippen molar-refractivity contribution in [3.05, 3.63) is 53.1 Å². The van der Waals surface area contributed by atoms with Gasteiger partial charge in [-0.15, -0.1) is 0 Å². The highest BCUT2D eigenvalue weighted by molar-refractivity contribution is 5.89. The van der Waals surface area contributed by atoms with E-state index in [2.05, 4.69) is 11.9 Å². The lowest BCUT2D eigenvalue weighted by Gasteiger charge is -2.19. The first kappa shape index (κ1) is 18.9. The molecule has 0 aliphatic heterocycles. The Morgan fingerprint density at radius 2 is 1.92 bits per heavy atom. The van der Waals surface area contributed by atoms with Crippen LogP contribution in [0.1, 0.15) is 72.8 Å². The molecule has 1 heterocycles. The maximum atomic E-state index is 12.1. The molecule has 0 radical (unpaired) electrons. The molecule has 0 fully saturated rings. The summed E-state index contributed by atoms with van der Waals surface area (Å²) in [7, 11) is 0. The van der Waals surface area contributed by atoms with Crippen molar-refractivity contribution in [1.82, 2.24) is 9.55 Å². The first-order valence-electron chi connectivity index (χ1n) is 8.66. The highest BCUT2D eigenvalue weighted by Gasteiger charge is 2.18. The second-order valence-corrected chi connectivity index (χ2v) is 7.11. The lowest BCUT2D eigenvalue weighted by Crippen LogP contribution is -2.23. The molecule has 1 aromatic carbocycles. The molecule has 2 rings (SSSR count). The van der Waals surface area contributed by atoms with Crippen LogP contribution in [0.4, 0.5) is 0 Å². The third-order valence-electron chi connectivity index (χ3n) is 3.77. The molecule has 0 N–H and O–H groups in total. The van der Waals surface area contributed by atoms with Crippen molar-refractivity contribution in [3.63, 3.8) is 0 Å². The van der Waals surface area contributed by atoms with Crippen molar-refractivity contribution < 1.29 is 14.3 Å². The van der Waals surface area contributed by atoms with E-state index in [0.717, 1.165) is 36.9 Å². The van der Waals surface area contributed by atoms with Gasteiger partial charge in [-0.2, -0.15) is 0 Å². The van der Waals surface area contributed by atoms with E-state index in [1.807, 2.05) is 37.5 Å². The summed E-state index contributed by atoms with van der Waals surface area (Å²) in [6.45, 7) is 8.22. The van der Waals surface area contributed by atoms with E-state index in [1.165, 1.54) is 0 Å². The summed E-state index contributed by atoms with van der Waals surface area (Å²) in [6.07, 6.45) is 5.41. The van der Waals surface area contributed by atoms with Crippen molar-refractivity contribution in [2.75, 3.05) is 0 Å². The average Bonchev–Trinajstić information content (AvgIpc) is 2.93. The molecule has 0 bridgehead atoms. The van der Waals surface area contributed by atoms with E-state index in [4.69, 9.17) is 4.74 Å². The van der Waals surface area contributed by atoms with Gasteiger partial charge in [0.25, 0.3) is 0 Å². The van der Waals surface area contributed by atoms with Gasteiger partial charge in [0.15, 0.2) is 6.29 Å². The summed E-state index contributed by atoms with van der Waals surface area (Å²) in [5.41, 5.74) is 1.58. The van der Waals surface area contributed by atoms with Crippen molar-refractivity contribution >= 4 is 12.3 Å². The average molecular weight is 342 g/mol.